The molecule has 1 saturated heterocycles. The number of esters is 1. The third-order valence-electron chi connectivity index (χ3n) is 4.31. The van der Waals surface area contributed by atoms with Crippen molar-refractivity contribution in [3.63, 3.8) is 0 Å². The molecule has 0 spiro atoms. The van der Waals surface area contributed by atoms with Gasteiger partial charge in [-0.2, -0.15) is 0 Å². The summed E-state index contributed by atoms with van der Waals surface area (Å²) in [5.41, 5.74) is 4.08. The lowest BCUT2D eigenvalue weighted by Gasteiger charge is -2.25. The van der Waals surface area contributed by atoms with Crippen LogP contribution in [0.1, 0.15) is 24.8 Å². The molecule has 1 aliphatic carbocycles. The topological polar surface area (TPSA) is 46.5 Å². The Labute approximate surface area is 117 Å². The van der Waals surface area contributed by atoms with Crippen LogP contribution in [0.4, 0.5) is 0 Å². The molecule has 0 aromatic heterocycles. The normalized spacial score (nSPS) is 23.8. The lowest BCUT2D eigenvalue weighted by atomic mass is 9.98. The van der Waals surface area contributed by atoms with E-state index in [-0.39, 0.29) is 18.5 Å². The molecule has 2 aromatic rings. The number of aliphatic hydroxyl groups is 1. The Morgan fingerprint density at radius 3 is 3.00 bits per heavy atom. The number of aliphatic hydroxyl groups excluding tert-OH is 1. The number of fused-ring (bicyclic) bond motifs is 1. The van der Waals surface area contributed by atoms with Crippen molar-refractivity contribution in [1.82, 2.24) is 0 Å². The molecule has 2 atom stereocenters. The molecule has 0 bridgehead atoms. The number of carbonyl (C=O) groups excluding carboxylic acids is 1. The van der Waals surface area contributed by atoms with Gasteiger partial charge in [-0.1, -0.05) is 30.3 Å². The highest BCUT2D eigenvalue weighted by molar-refractivity contribution is 6.21. The van der Waals surface area contributed by atoms with Crippen molar-refractivity contribution in [1.29, 1.82) is 0 Å². The Bertz CT molecular complexity index is 705. The van der Waals surface area contributed by atoms with E-state index in [4.69, 9.17) is 4.74 Å². The smallest absolute Gasteiger partial charge is 0.308 e. The molecule has 1 fully saturated rings. The molecule has 102 valence electrons. The average Bonchev–Trinajstić information content (AvgIpc) is 3.14. The zero-order valence-corrected chi connectivity index (χ0v) is 11.1. The molecule has 3 nitrogen and oxygen atoms in total. The predicted octanol–water partition coefficient (Wildman–Crippen LogP) is 2.82. The summed E-state index contributed by atoms with van der Waals surface area (Å²) in [6.45, 7) is 0. The first-order valence-electron chi connectivity index (χ1n) is 7.15. The molecule has 0 amide bonds. The van der Waals surface area contributed by atoms with Crippen LogP contribution >= 0.6 is 0 Å². The third kappa shape index (κ3) is 1.90. The minimum Gasteiger partial charge on any atom is -0.462 e. The summed E-state index contributed by atoms with van der Waals surface area (Å²) in [6.07, 6.45) is 1.71. The van der Waals surface area contributed by atoms with Gasteiger partial charge in [-0.25, -0.2) is 0 Å². The fourth-order valence-electron chi connectivity index (χ4n) is 3.31. The Morgan fingerprint density at radius 1 is 1.25 bits per heavy atom. The van der Waals surface area contributed by atoms with Crippen LogP contribution in [0.15, 0.2) is 30.3 Å². The molecule has 0 radical (unpaired) electrons. The van der Waals surface area contributed by atoms with Gasteiger partial charge < -0.3 is 9.84 Å². The molecular weight excluding hydrogens is 252 g/mol. The Morgan fingerprint density at radius 2 is 2.15 bits per heavy atom. The van der Waals surface area contributed by atoms with Gasteiger partial charge in [-0.15, -0.1) is 0 Å². The number of rotatable bonds is 3. The molecule has 1 heterocycles. The van der Waals surface area contributed by atoms with E-state index in [1.165, 1.54) is 27.5 Å². The largest absolute Gasteiger partial charge is 0.462 e. The zero-order valence-electron chi connectivity index (χ0n) is 11.1. The highest BCUT2D eigenvalue weighted by atomic mass is 16.5. The lowest BCUT2D eigenvalue weighted by Crippen LogP contribution is -2.32. The summed E-state index contributed by atoms with van der Waals surface area (Å²) >= 11 is 0. The molecule has 4 rings (SSSR count). The van der Waals surface area contributed by atoms with E-state index in [0.717, 1.165) is 12.8 Å². The summed E-state index contributed by atoms with van der Waals surface area (Å²) in [6, 6.07) is 10.7. The first-order valence-corrected chi connectivity index (χ1v) is 7.15. The minimum atomic E-state index is -0.537. The van der Waals surface area contributed by atoms with Crippen LogP contribution in [0.2, 0.25) is 0 Å². The van der Waals surface area contributed by atoms with E-state index in [9.17, 15) is 9.90 Å². The van der Waals surface area contributed by atoms with Crippen LogP contribution in [-0.2, 0) is 16.0 Å². The van der Waals surface area contributed by atoms with Gasteiger partial charge in [-0.05, 0) is 40.3 Å². The first kappa shape index (κ1) is 11.9. The molecule has 20 heavy (non-hydrogen) atoms. The SMILES string of the molecule is O=C1CC(O)CC(CCc2ccc3cccc4c3c2-4)O1. The van der Waals surface area contributed by atoms with Gasteiger partial charge in [0.2, 0.25) is 0 Å². The quantitative estimate of drug-likeness (QED) is 0.743. The fourth-order valence-corrected chi connectivity index (χ4v) is 3.31. The molecule has 2 aliphatic rings. The Balaban J connectivity index is 1.48. The summed E-state index contributed by atoms with van der Waals surface area (Å²) in [5.74, 6) is -0.275. The van der Waals surface area contributed by atoms with Crippen LogP contribution in [0.25, 0.3) is 21.9 Å². The van der Waals surface area contributed by atoms with Gasteiger partial charge in [0, 0.05) is 6.42 Å². The van der Waals surface area contributed by atoms with Gasteiger partial charge in [0.15, 0.2) is 0 Å². The van der Waals surface area contributed by atoms with E-state index in [0.29, 0.717) is 6.42 Å². The molecular formula is C17H16O3. The Kier molecular flexibility index (Phi) is 2.57. The second kappa shape index (κ2) is 4.32. The fraction of sp³-hybridized carbons (Fsp3) is 0.353. The number of ether oxygens (including phenoxy) is 1. The van der Waals surface area contributed by atoms with E-state index in [1.54, 1.807) is 0 Å². The Hall–Kier alpha value is -1.87. The summed E-state index contributed by atoms with van der Waals surface area (Å²) in [5, 5.41) is 12.3. The van der Waals surface area contributed by atoms with Gasteiger partial charge in [0.1, 0.15) is 6.10 Å². The van der Waals surface area contributed by atoms with E-state index >= 15 is 0 Å². The molecule has 3 heteroatoms. The van der Waals surface area contributed by atoms with Crippen LogP contribution in [0.5, 0.6) is 0 Å². The van der Waals surface area contributed by atoms with E-state index in [2.05, 4.69) is 30.3 Å². The van der Waals surface area contributed by atoms with Crippen molar-refractivity contribution in [2.75, 3.05) is 0 Å². The van der Waals surface area contributed by atoms with Crippen molar-refractivity contribution in [2.45, 2.75) is 37.9 Å². The van der Waals surface area contributed by atoms with Crippen LogP contribution in [0, 0.1) is 0 Å². The van der Waals surface area contributed by atoms with Crippen molar-refractivity contribution in [3.05, 3.63) is 35.9 Å². The van der Waals surface area contributed by atoms with Crippen molar-refractivity contribution >= 4 is 16.7 Å². The second-order valence-corrected chi connectivity index (χ2v) is 5.75. The standard InChI is InChI=1S/C17H16O3/c18-12-8-13(20-15(19)9-12)7-6-11-5-4-10-2-1-3-14-16(10)17(11)14/h1-5,12-13,18H,6-9H2. The highest BCUT2D eigenvalue weighted by Crippen LogP contribution is 2.49. The summed E-state index contributed by atoms with van der Waals surface area (Å²) < 4.78 is 5.30. The molecule has 2 aromatic carbocycles. The van der Waals surface area contributed by atoms with Crippen molar-refractivity contribution in [2.24, 2.45) is 0 Å². The van der Waals surface area contributed by atoms with Gasteiger partial charge in [-0.3, -0.25) is 4.79 Å². The maximum atomic E-state index is 11.3. The molecule has 0 saturated carbocycles. The highest BCUT2D eigenvalue weighted by Gasteiger charge is 2.28. The minimum absolute atomic E-state index is 0.138. The zero-order chi connectivity index (χ0) is 13.7. The first-order chi connectivity index (χ1) is 9.72. The summed E-state index contributed by atoms with van der Waals surface area (Å²) in [7, 11) is 0. The molecule has 2 unspecified atom stereocenters. The van der Waals surface area contributed by atoms with Crippen molar-refractivity contribution < 1.29 is 14.6 Å². The number of cyclic esters (lactones) is 1. The number of benzene rings is 2. The van der Waals surface area contributed by atoms with E-state index < -0.39 is 6.10 Å². The number of hydrogen-bond donors (Lipinski definition) is 1. The maximum Gasteiger partial charge on any atom is 0.308 e. The third-order valence-corrected chi connectivity index (χ3v) is 4.31. The number of hydrogen-bond acceptors (Lipinski definition) is 3. The van der Waals surface area contributed by atoms with Gasteiger partial charge in [0.05, 0.1) is 12.5 Å². The second-order valence-electron chi connectivity index (χ2n) is 5.75. The van der Waals surface area contributed by atoms with E-state index in [1.807, 2.05) is 0 Å². The summed E-state index contributed by atoms with van der Waals surface area (Å²) in [4.78, 5) is 11.3. The maximum absolute atomic E-state index is 11.3. The van der Waals surface area contributed by atoms with Crippen LogP contribution in [-0.4, -0.2) is 23.3 Å². The van der Waals surface area contributed by atoms with Gasteiger partial charge in [0.25, 0.3) is 0 Å². The van der Waals surface area contributed by atoms with Crippen molar-refractivity contribution in [3.8, 4) is 11.1 Å². The molecule has 1 aliphatic heterocycles. The van der Waals surface area contributed by atoms with Crippen LogP contribution in [0.3, 0.4) is 0 Å². The van der Waals surface area contributed by atoms with Crippen LogP contribution < -0.4 is 0 Å². The monoisotopic (exact) mass is 268 g/mol. The average molecular weight is 268 g/mol. The number of aryl methyl sites for hydroxylation is 1. The predicted molar refractivity (Wildman–Crippen MR) is 76.4 cm³/mol. The number of carbonyl (C=O) groups is 1. The van der Waals surface area contributed by atoms with Gasteiger partial charge >= 0.3 is 5.97 Å². The molecule has 1 N–H and O–H groups in total. The lowest BCUT2D eigenvalue weighted by molar-refractivity contribution is -0.160.